The van der Waals surface area contributed by atoms with Gasteiger partial charge in [0, 0.05) is 30.0 Å². The van der Waals surface area contributed by atoms with Crippen LogP contribution in [0.15, 0.2) is 47.3 Å². The predicted molar refractivity (Wildman–Crippen MR) is 104 cm³/mol. The molecule has 0 saturated heterocycles. The second-order valence-electron chi connectivity index (χ2n) is 6.32. The van der Waals surface area contributed by atoms with Gasteiger partial charge in [-0.05, 0) is 36.2 Å². The van der Waals surface area contributed by atoms with Crippen molar-refractivity contribution >= 4 is 17.5 Å². The Morgan fingerprint density at radius 1 is 1.21 bits per heavy atom. The van der Waals surface area contributed by atoms with Crippen molar-refractivity contribution in [1.82, 2.24) is 20.5 Å². The summed E-state index contributed by atoms with van der Waals surface area (Å²) in [6.07, 6.45) is 0.217. The number of aromatic amines is 1. The van der Waals surface area contributed by atoms with Crippen molar-refractivity contribution in [3.63, 3.8) is 0 Å². The van der Waals surface area contributed by atoms with Crippen LogP contribution in [0.3, 0.4) is 0 Å². The molecule has 0 atom stereocenters. The molecule has 0 fully saturated rings. The molecule has 2 N–H and O–H groups in total. The number of H-pyrrole nitrogens is 1. The molecular formula is C20H18ClFN4O2. The normalized spacial score (nSPS) is 10.7. The molecule has 0 aliphatic carbocycles. The Balaban J connectivity index is 1.59. The van der Waals surface area contributed by atoms with Gasteiger partial charge in [-0.1, -0.05) is 35.9 Å². The number of halogens is 2. The Kier molecular flexibility index (Phi) is 6.16. The molecule has 0 radical (unpaired) electrons. The standard InChI is InChI=1S/C20H18ClFN4O2/c1-12-5-6-14(10-16(12)21)19-24-20(28)17(25-26-19)7-8-18(27)23-11-13-3-2-4-15(22)9-13/h2-6,9-10H,7-8,11H2,1H3,(H,23,27)(H,24,26,28). The number of aryl methyl sites for hydroxylation is 2. The Morgan fingerprint density at radius 3 is 2.75 bits per heavy atom. The molecule has 0 aliphatic heterocycles. The third-order valence-corrected chi connectivity index (χ3v) is 4.58. The maximum Gasteiger partial charge on any atom is 0.273 e. The summed E-state index contributed by atoms with van der Waals surface area (Å²) in [4.78, 5) is 26.9. The molecule has 0 aliphatic rings. The maximum atomic E-state index is 13.1. The van der Waals surface area contributed by atoms with E-state index in [0.717, 1.165) is 5.56 Å². The highest BCUT2D eigenvalue weighted by Gasteiger charge is 2.10. The van der Waals surface area contributed by atoms with Crippen LogP contribution >= 0.6 is 11.6 Å². The van der Waals surface area contributed by atoms with Gasteiger partial charge < -0.3 is 10.3 Å². The maximum absolute atomic E-state index is 13.1. The van der Waals surface area contributed by atoms with Crippen molar-refractivity contribution in [2.75, 3.05) is 0 Å². The quantitative estimate of drug-likeness (QED) is 0.665. The average molecular weight is 401 g/mol. The molecule has 0 spiro atoms. The zero-order valence-corrected chi connectivity index (χ0v) is 15.9. The first-order valence-electron chi connectivity index (χ1n) is 8.66. The number of aromatic nitrogens is 3. The Hall–Kier alpha value is -3.06. The van der Waals surface area contributed by atoms with Crippen molar-refractivity contribution in [2.45, 2.75) is 26.3 Å². The average Bonchev–Trinajstić information content (AvgIpc) is 2.67. The molecule has 6 nitrogen and oxygen atoms in total. The van der Waals surface area contributed by atoms with Crippen LogP contribution in [0.5, 0.6) is 0 Å². The van der Waals surface area contributed by atoms with Crippen LogP contribution in [0.2, 0.25) is 5.02 Å². The molecule has 0 saturated carbocycles. The smallest absolute Gasteiger partial charge is 0.273 e. The summed E-state index contributed by atoms with van der Waals surface area (Å²) in [5.74, 6) is -0.311. The second kappa shape index (κ2) is 8.75. The van der Waals surface area contributed by atoms with Crippen molar-refractivity contribution in [1.29, 1.82) is 0 Å². The van der Waals surface area contributed by atoms with Gasteiger partial charge in [0.25, 0.3) is 5.56 Å². The van der Waals surface area contributed by atoms with Gasteiger partial charge in [-0.3, -0.25) is 9.59 Å². The van der Waals surface area contributed by atoms with E-state index in [1.54, 1.807) is 24.3 Å². The summed E-state index contributed by atoms with van der Waals surface area (Å²) in [6.45, 7) is 2.09. The summed E-state index contributed by atoms with van der Waals surface area (Å²) < 4.78 is 13.1. The third kappa shape index (κ3) is 5.01. The van der Waals surface area contributed by atoms with E-state index in [1.807, 2.05) is 13.0 Å². The summed E-state index contributed by atoms with van der Waals surface area (Å²) in [6, 6.07) is 11.3. The van der Waals surface area contributed by atoms with Crippen LogP contribution < -0.4 is 10.9 Å². The minimum Gasteiger partial charge on any atom is -0.352 e. The topological polar surface area (TPSA) is 87.7 Å². The Labute approximate surface area is 165 Å². The molecule has 1 heterocycles. The van der Waals surface area contributed by atoms with E-state index in [0.29, 0.717) is 22.0 Å². The van der Waals surface area contributed by atoms with Crippen LogP contribution in [-0.2, 0) is 17.8 Å². The molecule has 8 heteroatoms. The number of carbonyl (C=O) groups is 1. The third-order valence-electron chi connectivity index (χ3n) is 4.18. The first kappa shape index (κ1) is 19.7. The number of nitrogens with zero attached hydrogens (tertiary/aromatic N) is 2. The number of benzene rings is 2. The second-order valence-corrected chi connectivity index (χ2v) is 6.73. The zero-order valence-electron chi connectivity index (χ0n) is 15.1. The van der Waals surface area contributed by atoms with E-state index in [-0.39, 0.29) is 36.8 Å². The molecule has 3 rings (SSSR count). The van der Waals surface area contributed by atoms with Crippen molar-refractivity contribution in [2.24, 2.45) is 0 Å². The first-order chi connectivity index (χ1) is 13.4. The molecule has 0 bridgehead atoms. The molecule has 3 aromatic rings. The highest BCUT2D eigenvalue weighted by atomic mass is 35.5. The molecular weight excluding hydrogens is 383 g/mol. The number of amides is 1. The van der Waals surface area contributed by atoms with Gasteiger partial charge in [0.05, 0.1) is 0 Å². The lowest BCUT2D eigenvalue weighted by Gasteiger charge is -2.06. The van der Waals surface area contributed by atoms with Crippen molar-refractivity contribution < 1.29 is 9.18 Å². The van der Waals surface area contributed by atoms with E-state index in [1.165, 1.54) is 12.1 Å². The summed E-state index contributed by atoms with van der Waals surface area (Å²) in [5.41, 5.74) is 2.00. The molecule has 2 aromatic carbocycles. The minimum atomic E-state index is -0.403. The van der Waals surface area contributed by atoms with E-state index < -0.39 is 5.56 Å². The van der Waals surface area contributed by atoms with Gasteiger partial charge in [-0.25, -0.2) is 4.39 Å². The van der Waals surface area contributed by atoms with Crippen molar-refractivity contribution in [3.8, 4) is 11.4 Å². The van der Waals surface area contributed by atoms with Crippen LogP contribution in [-0.4, -0.2) is 21.1 Å². The van der Waals surface area contributed by atoms with Gasteiger partial charge in [-0.15, -0.1) is 10.2 Å². The minimum absolute atomic E-state index is 0.0722. The first-order valence-corrected chi connectivity index (χ1v) is 9.04. The van der Waals surface area contributed by atoms with Crippen LogP contribution in [0.1, 0.15) is 23.2 Å². The lowest BCUT2D eigenvalue weighted by Crippen LogP contribution is -2.25. The fraction of sp³-hybridized carbons (Fsp3) is 0.200. The summed E-state index contributed by atoms with van der Waals surface area (Å²) in [7, 11) is 0. The largest absolute Gasteiger partial charge is 0.352 e. The number of carbonyl (C=O) groups excluding carboxylic acids is 1. The lowest BCUT2D eigenvalue weighted by molar-refractivity contribution is -0.121. The van der Waals surface area contributed by atoms with Crippen LogP contribution in [0.25, 0.3) is 11.4 Å². The van der Waals surface area contributed by atoms with Gasteiger partial charge in [0.1, 0.15) is 11.5 Å². The lowest BCUT2D eigenvalue weighted by atomic mass is 10.1. The number of hydrogen-bond donors (Lipinski definition) is 2. The molecule has 1 aromatic heterocycles. The van der Waals surface area contributed by atoms with E-state index in [2.05, 4.69) is 20.5 Å². The zero-order chi connectivity index (χ0) is 20.1. The monoisotopic (exact) mass is 400 g/mol. The fourth-order valence-corrected chi connectivity index (χ4v) is 2.74. The van der Waals surface area contributed by atoms with Gasteiger partial charge >= 0.3 is 0 Å². The Morgan fingerprint density at radius 2 is 2.04 bits per heavy atom. The predicted octanol–water partition coefficient (Wildman–Crippen LogP) is 3.18. The highest BCUT2D eigenvalue weighted by molar-refractivity contribution is 6.31. The van der Waals surface area contributed by atoms with Crippen LogP contribution in [0.4, 0.5) is 4.39 Å². The van der Waals surface area contributed by atoms with Gasteiger partial charge in [0.2, 0.25) is 5.91 Å². The molecule has 28 heavy (non-hydrogen) atoms. The van der Waals surface area contributed by atoms with E-state index in [9.17, 15) is 14.0 Å². The van der Waals surface area contributed by atoms with Gasteiger partial charge in [0.15, 0.2) is 5.82 Å². The van der Waals surface area contributed by atoms with Crippen LogP contribution in [0, 0.1) is 12.7 Å². The summed E-state index contributed by atoms with van der Waals surface area (Å²) >= 11 is 6.10. The van der Waals surface area contributed by atoms with Crippen molar-refractivity contribution in [3.05, 3.63) is 80.5 Å². The summed E-state index contributed by atoms with van der Waals surface area (Å²) in [5, 5.41) is 11.2. The molecule has 144 valence electrons. The number of nitrogens with one attached hydrogen (secondary N) is 2. The van der Waals surface area contributed by atoms with E-state index >= 15 is 0 Å². The SMILES string of the molecule is Cc1ccc(-c2nnc(CCC(=O)NCc3cccc(F)c3)c(=O)[nH]2)cc1Cl. The van der Waals surface area contributed by atoms with E-state index in [4.69, 9.17) is 11.6 Å². The Bertz CT molecular complexity index is 1070. The fourth-order valence-electron chi connectivity index (χ4n) is 2.56. The number of rotatable bonds is 6. The van der Waals surface area contributed by atoms with Gasteiger partial charge in [-0.2, -0.15) is 0 Å². The number of hydrogen-bond acceptors (Lipinski definition) is 4. The molecule has 0 unspecified atom stereocenters. The highest BCUT2D eigenvalue weighted by Crippen LogP contribution is 2.21. The molecule has 1 amide bonds.